The molecule has 0 amide bonds. The highest BCUT2D eigenvalue weighted by Crippen LogP contribution is 2.21. The van der Waals surface area contributed by atoms with Crippen LogP contribution in [0.1, 0.15) is 23.8 Å². The molecule has 16 heavy (non-hydrogen) atoms. The third-order valence-corrected chi connectivity index (χ3v) is 2.47. The Kier molecular flexibility index (Phi) is 4.67. The number of rotatable bonds is 5. The van der Waals surface area contributed by atoms with Gasteiger partial charge in [-0.25, -0.2) is 0 Å². The molecule has 1 heterocycles. The summed E-state index contributed by atoms with van der Waals surface area (Å²) in [6.07, 6.45) is 0.177. The van der Waals surface area contributed by atoms with Crippen molar-refractivity contribution in [1.29, 1.82) is 0 Å². The van der Waals surface area contributed by atoms with Crippen molar-refractivity contribution >= 4 is 5.69 Å². The third-order valence-electron chi connectivity index (χ3n) is 2.47. The largest absolute Gasteiger partial charge is 0.397 e. The predicted octanol–water partition coefficient (Wildman–Crippen LogP) is -0.0240. The quantitative estimate of drug-likeness (QED) is 0.565. The first-order valence-electron chi connectivity index (χ1n) is 5.29. The molecule has 0 spiro atoms. The molecule has 0 aliphatic rings. The Bertz CT molecular complexity index is 344. The summed E-state index contributed by atoms with van der Waals surface area (Å²) in [4.78, 5) is 4.05. The van der Waals surface area contributed by atoms with E-state index in [1.807, 2.05) is 6.92 Å². The number of nitrogens with zero attached hydrogens (tertiary/aromatic N) is 1. The lowest BCUT2D eigenvalue weighted by Crippen LogP contribution is -2.24. The van der Waals surface area contributed by atoms with Gasteiger partial charge in [-0.2, -0.15) is 0 Å². The molecular weight excluding hydrogens is 206 g/mol. The third kappa shape index (κ3) is 3.16. The Morgan fingerprint density at radius 3 is 2.75 bits per heavy atom. The van der Waals surface area contributed by atoms with Crippen LogP contribution in [0.2, 0.25) is 0 Å². The zero-order chi connectivity index (χ0) is 12.1. The topological polar surface area (TPSA) is 91.4 Å². The van der Waals surface area contributed by atoms with E-state index >= 15 is 0 Å². The van der Waals surface area contributed by atoms with E-state index in [4.69, 9.17) is 5.73 Å². The van der Waals surface area contributed by atoms with E-state index in [-0.39, 0.29) is 0 Å². The minimum Gasteiger partial charge on any atom is -0.397 e. The number of anilines is 1. The lowest BCUT2D eigenvalue weighted by molar-refractivity contribution is 0.0111. The minimum absolute atomic E-state index is 0.475. The fourth-order valence-electron chi connectivity index (χ4n) is 1.55. The Labute approximate surface area is 95.3 Å². The number of aromatic nitrogens is 1. The molecule has 2 atom stereocenters. The molecule has 0 aromatic carbocycles. The van der Waals surface area contributed by atoms with E-state index in [0.29, 0.717) is 24.3 Å². The lowest BCUT2D eigenvalue weighted by Gasteiger charge is -2.18. The molecule has 2 unspecified atom stereocenters. The maximum atomic E-state index is 9.91. The molecule has 0 bridgehead atoms. The van der Waals surface area contributed by atoms with Gasteiger partial charge in [0.05, 0.1) is 23.7 Å². The van der Waals surface area contributed by atoms with Crippen molar-refractivity contribution < 1.29 is 10.2 Å². The highest BCUT2D eigenvalue weighted by molar-refractivity contribution is 5.40. The number of hydrogen-bond donors (Lipinski definition) is 4. The van der Waals surface area contributed by atoms with Crippen LogP contribution in [0.25, 0.3) is 0 Å². The highest BCUT2D eigenvalue weighted by Gasteiger charge is 2.20. The van der Waals surface area contributed by atoms with Crippen molar-refractivity contribution in [3.63, 3.8) is 0 Å². The van der Waals surface area contributed by atoms with Crippen molar-refractivity contribution in [3.8, 4) is 0 Å². The number of nitrogens with one attached hydrogen (secondary N) is 1. The average Bonchev–Trinajstić information content (AvgIpc) is 2.25. The Morgan fingerprint density at radius 2 is 2.19 bits per heavy atom. The maximum Gasteiger partial charge on any atom is 0.122 e. The van der Waals surface area contributed by atoms with Crippen LogP contribution in [0.3, 0.4) is 0 Å². The summed E-state index contributed by atoms with van der Waals surface area (Å²) in [5.74, 6) is 0. The van der Waals surface area contributed by atoms with Gasteiger partial charge in [0.1, 0.15) is 6.10 Å². The predicted molar refractivity (Wildman–Crippen MR) is 62.9 cm³/mol. The number of nitrogens with two attached hydrogens (primary N) is 1. The van der Waals surface area contributed by atoms with Gasteiger partial charge in [-0.05, 0) is 38.6 Å². The number of aryl methyl sites for hydroxylation is 1. The van der Waals surface area contributed by atoms with Gasteiger partial charge in [-0.3, -0.25) is 4.98 Å². The fourth-order valence-corrected chi connectivity index (χ4v) is 1.55. The number of hydrogen-bond acceptors (Lipinski definition) is 5. The van der Waals surface area contributed by atoms with Gasteiger partial charge in [-0.15, -0.1) is 0 Å². The van der Waals surface area contributed by atoms with Crippen LogP contribution in [0.4, 0.5) is 5.69 Å². The van der Waals surface area contributed by atoms with Crippen LogP contribution in [-0.2, 0) is 0 Å². The van der Waals surface area contributed by atoms with Gasteiger partial charge in [0.2, 0.25) is 0 Å². The van der Waals surface area contributed by atoms with Gasteiger partial charge >= 0.3 is 0 Å². The first-order chi connectivity index (χ1) is 7.56. The van der Waals surface area contributed by atoms with Crippen molar-refractivity contribution in [2.75, 3.05) is 19.3 Å². The Morgan fingerprint density at radius 1 is 1.50 bits per heavy atom. The zero-order valence-electron chi connectivity index (χ0n) is 9.64. The summed E-state index contributed by atoms with van der Waals surface area (Å²) in [6, 6.07) is 1.73. The van der Waals surface area contributed by atoms with Crippen LogP contribution in [0, 0.1) is 6.92 Å². The van der Waals surface area contributed by atoms with E-state index in [1.165, 1.54) is 6.20 Å². The normalized spacial score (nSPS) is 14.8. The highest BCUT2D eigenvalue weighted by atomic mass is 16.3. The van der Waals surface area contributed by atoms with Crippen molar-refractivity contribution in [1.82, 2.24) is 10.3 Å². The molecule has 0 radical (unpaired) electrons. The van der Waals surface area contributed by atoms with E-state index in [2.05, 4.69) is 10.3 Å². The molecule has 0 saturated carbocycles. The van der Waals surface area contributed by atoms with Crippen LogP contribution in [0.5, 0.6) is 0 Å². The molecular formula is C11H19N3O2. The first kappa shape index (κ1) is 12.9. The van der Waals surface area contributed by atoms with E-state index in [0.717, 1.165) is 5.56 Å². The molecule has 1 rings (SSSR count). The summed E-state index contributed by atoms with van der Waals surface area (Å²) in [7, 11) is 1.80. The summed E-state index contributed by atoms with van der Waals surface area (Å²) in [5, 5.41) is 22.6. The molecule has 5 heteroatoms. The maximum absolute atomic E-state index is 9.91. The molecule has 1 aromatic heterocycles. The average molecular weight is 225 g/mol. The molecule has 5 nitrogen and oxygen atoms in total. The van der Waals surface area contributed by atoms with Gasteiger partial charge < -0.3 is 21.3 Å². The summed E-state index contributed by atoms with van der Waals surface area (Å²) < 4.78 is 0. The van der Waals surface area contributed by atoms with E-state index < -0.39 is 12.2 Å². The van der Waals surface area contributed by atoms with Crippen LogP contribution < -0.4 is 11.1 Å². The number of nitrogen functional groups attached to an aromatic ring is 1. The molecule has 0 saturated heterocycles. The standard InChI is InChI=1S/C11H19N3O2/c1-7-5-8(12)6-14-10(7)11(16)9(15)3-4-13-2/h5-6,9,11,13,15-16H,3-4,12H2,1-2H3. The molecule has 90 valence electrons. The van der Waals surface area contributed by atoms with Crippen LogP contribution in [0.15, 0.2) is 12.3 Å². The lowest BCUT2D eigenvalue weighted by atomic mass is 10.0. The number of aliphatic hydroxyl groups is 2. The number of pyridine rings is 1. The molecule has 0 aliphatic carbocycles. The summed E-state index contributed by atoms with van der Waals surface area (Å²) in [6.45, 7) is 2.46. The van der Waals surface area contributed by atoms with Gasteiger partial charge in [-0.1, -0.05) is 0 Å². The Balaban J connectivity index is 2.75. The molecule has 1 aromatic rings. The molecule has 5 N–H and O–H groups in total. The van der Waals surface area contributed by atoms with Gasteiger partial charge in [0, 0.05) is 0 Å². The van der Waals surface area contributed by atoms with Gasteiger partial charge in [0.15, 0.2) is 0 Å². The summed E-state index contributed by atoms with van der Waals surface area (Å²) in [5.41, 5.74) is 7.39. The van der Waals surface area contributed by atoms with Crippen LogP contribution >= 0.6 is 0 Å². The molecule has 0 fully saturated rings. The summed E-state index contributed by atoms with van der Waals surface area (Å²) >= 11 is 0. The fraction of sp³-hybridized carbons (Fsp3) is 0.545. The SMILES string of the molecule is CNCCC(O)C(O)c1ncc(N)cc1C. The van der Waals surface area contributed by atoms with Crippen molar-refractivity contribution in [2.45, 2.75) is 25.6 Å². The Hall–Kier alpha value is -1.17. The van der Waals surface area contributed by atoms with Crippen LogP contribution in [-0.4, -0.2) is 34.9 Å². The monoisotopic (exact) mass is 225 g/mol. The number of aliphatic hydroxyl groups excluding tert-OH is 2. The second-order valence-electron chi connectivity index (χ2n) is 3.88. The minimum atomic E-state index is -0.964. The first-order valence-corrected chi connectivity index (χ1v) is 5.29. The van der Waals surface area contributed by atoms with Crippen molar-refractivity contribution in [3.05, 3.63) is 23.5 Å². The second kappa shape index (κ2) is 5.79. The smallest absolute Gasteiger partial charge is 0.122 e. The van der Waals surface area contributed by atoms with E-state index in [1.54, 1.807) is 13.1 Å². The zero-order valence-corrected chi connectivity index (χ0v) is 9.64. The van der Waals surface area contributed by atoms with Crippen molar-refractivity contribution in [2.24, 2.45) is 0 Å². The molecule has 0 aliphatic heterocycles. The second-order valence-corrected chi connectivity index (χ2v) is 3.88. The van der Waals surface area contributed by atoms with Gasteiger partial charge in [0.25, 0.3) is 0 Å². The van der Waals surface area contributed by atoms with E-state index in [9.17, 15) is 10.2 Å².